The van der Waals surface area contributed by atoms with E-state index in [1.54, 1.807) is 31.3 Å². The first-order valence-corrected chi connectivity index (χ1v) is 8.65. The lowest BCUT2D eigenvalue weighted by molar-refractivity contribution is 0.0600. The second kappa shape index (κ2) is 6.22. The van der Waals surface area contributed by atoms with Crippen LogP contribution in [-0.2, 0) is 18.8 Å². The number of anilines is 2. The van der Waals surface area contributed by atoms with Crippen LogP contribution in [0.3, 0.4) is 0 Å². The van der Waals surface area contributed by atoms with Crippen molar-refractivity contribution in [1.29, 1.82) is 0 Å². The summed E-state index contributed by atoms with van der Waals surface area (Å²) in [5.74, 6) is 0.0994. The van der Waals surface area contributed by atoms with Crippen molar-refractivity contribution < 1.29 is 9.53 Å². The standard InChI is InChI=1S/C19H19N5O4/c1-9-12-13(10-5-7-11(8-6-10)18(26)28-4)14-16(20-15(12)22-21-9)23(2)19(27)24(3)17(14)25/h5-8,13H,1-4H3,(H2,20,21,22). The summed E-state index contributed by atoms with van der Waals surface area (Å²) in [5.41, 5.74) is 2.51. The lowest BCUT2D eigenvalue weighted by Crippen LogP contribution is -2.42. The fourth-order valence-electron chi connectivity index (χ4n) is 3.69. The molecule has 0 amide bonds. The van der Waals surface area contributed by atoms with E-state index in [2.05, 4.69) is 15.5 Å². The largest absolute Gasteiger partial charge is 0.465 e. The summed E-state index contributed by atoms with van der Waals surface area (Å²) in [4.78, 5) is 37.2. The number of hydrogen-bond acceptors (Lipinski definition) is 6. The number of aromatic amines is 1. The molecule has 1 atom stereocenters. The van der Waals surface area contributed by atoms with Crippen LogP contribution in [0.25, 0.3) is 0 Å². The van der Waals surface area contributed by atoms with Gasteiger partial charge in [-0.2, -0.15) is 5.10 Å². The van der Waals surface area contributed by atoms with E-state index in [1.807, 2.05) is 6.92 Å². The van der Waals surface area contributed by atoms with Gasteiger partial charge in [0.2, 0.25) is 0 Å². The van der Waals surface area contributed by atoms with Gasteiger partial charge in [-0.15, -0.1) is 0 Å². The number of ether oxygens (including phenoxy) is 1. The summed E-state index contributed by atoms with van der Waals surface area (Å²) >= 11 is 0. The summed E-state index contributed by atoms with van der Waals surface area (Å²) in [7, 11) is 4.39. The van der Waals surface area contributed by atoms with E-state index >= 15 is 0 Å². The Labute approximate surface area is 159 Å². The van der Waals surface area contributed by atoms with E-state index in [-0.39, 0.29) is 5.56 Å². The molecule has 0 bridgehead atoms. The van der Waals surface area contributed by atoms with Crippen molar-refractivity contribution in [2.75, 3.05) is 12.4 Å². The maximum absolute atomic E-state index is 13.0. The number of benzene rings is 1. The van der Waals surface area contributed by atoms with Crippen LogP contribution >= 0.6 is 0 Å². The predicted octanol–water partition coefficient (Wildman–Crippen LogP) is 1.14. The molecule has 3 heterocycles. The lowest BCUT2D eigenvalue weighted by atomic mass is 9.83. The van der Waals surface area contributed by atoms with Crippen LogP contribution in [0.15, 0.2) is 33.9 Å². The first kappa shape index (κ1) is 17.8. The van der Waals surface area contributed by atoms with Crippen LogP contribution in [0.1, 0.15) is 38.7 Å². The Hall–Kier alpha value is -3.62. The number of nitrogens with one attached hydrogen (secondary N) is 2. The molecule has 2 N–H and O–H groups in total. The van der Waals surface area contributed by atoms with Gasteiger partial charge in [-0.05, 0) is 24.6 Å². The molecule has 28 heavy (non-hydrogen) atoms. The minimum absolute atomic E-state index is 0.376. The molecular weight excluding hydrogens is 362 g/mol. The molecule has 1 aliphatic rings. The van der Waals surface area contributed by atoms with E-state index in [0.717, 1.165) is 21.4 Å². The van der Waals surface area contributed by atoms with Gasteiger partial charge >= 0.3 is 11.7 Å². The fourth-order valence-corrected chi connectivity index (χ4v) is 3.69. The number of hydrogen-bond donors (Lipinski definition) is 2. The number of esters is 1. The molecule has 4 rings (SSSR count). The number of H-pyrrole nitrogens is 1. The van der Waals surface area contributed by atoms with Crippen molar-refractivity contribution in [3.05, 3.63) is 73.1 Å². The summed E-state index contributed by atoms with van der Waals surface area (Å²) < 4.78 is 7.25. The zero-order valence-electron chi connectivity index (χ0n) is 15.9. The van der Waals surface area contributed by atoms with E-state index in [9.17, 15) is 14.4 Å². The highest BCUT2D eigenvalue weighted by molar-refractivity contribution is 5.89. The minimum atomic E-state index is -0.442. The van der Waals surface area contributed by atoms with Crippen molar-refractivity contribution in [2.45, 2.75) is 12.8 Å². The third-order valence-corrected chi connectivity index (χ3v) is 5.17. The molecule has 0 spiro atoms. The maximum atomic E-state index is 13.0. The number of nitrogens with zero attached hydrogens (tertiary/aromatic N) is 3. The Kier molecular flexibility index (Phi) is 3.95. The Morgan fingerprint density at radius 3 is 2.43 bits per heavy atom. The highest BCUT2D eigenvalue weighted by Gasteiger charge is 2.35. The number of aryl methyl sites for hydroxylation is 1. The molecule has 0 aliphatic carbocycles. The monoisotopic (exact) mass is 381 g/mol. The number of rotatable bonds is 2. The number of fused-ring (bicyclic) bond motifs is 2. The van der Waals surface area contributed by atoms with Gasteiger partial charge in [0.15, 0.2) is 5.82 Å². The molecule has 1 unspecified atom stereocenters. The highest BCUT2D eigenvalue weighted by Crippen LogP contribution is 2.43. The summed E-state index contributed by atoms with van der Waals surface area (Å²) in [5, 5.41) is 10.3. The van der Waals surface area contributed by atoms with Gasteiger partial charge in [0, 0.05) is 31.3 Å². The number of carbonyl (C=O) groups excluding carboxylic acids is 1. The number of aromatic nitrogens is 4. The smallest absolute Gasteiger partial charge is 0.337 e. The predicted molar refractivity (Wildman–Crippen MR) is 102 cm³/mol. The molecule has 0 radical (unpaired) electrons. The molecule has 1 aromatic carbocycles. The van der Waals surface area contributed by atoms with Crippen LogP contribution < -0.4 is 16.6 Å². The van der Waals surface area contributed by atoms with Crippen LogP contribution in [0.4, 0.5) is 11.6 Å². The topological polar surface area (TPSA) is 111 Å². The molecule has 0 fully saturated rings. The van der Waals surface area contributed by atoms with Crippen molar-refractivity contribution in [1.82, 2.24) is 19.3 Å². The van der Waals surface area contributed by atoms with Gasteiger partial charge in [-0.3, -0.25) is 19.0 Å². The molecule has 2 aromatic heterocycles. The summed E-state index contributed by atoms with van der Waals surface area (Å²) in [6.45, 7) is 1.88. The molecule has 0 saturated heterocycles. The normalized spacial score (nSPS) is 14.8. The molecule has 3 aromatic rings. The van der Waals surface area contributed by atoms with E-state index < -0.39 is 17.6 Å². The van der Waals surface area contributed by atoms with Gasteiger partial charge in [-0.25, -0.2) is 9.59 Å². The molecule has 9 heteroatoms. The average Bonchev–Trinajstić information content (AvgIpc) is 3.09. The van der Waals surface area contributed by atoms with Gasteiger partial charge in [0.1, 0.15) is 5.82 Å². The number of methoxy groups -OCH3 is 1. The van der Waals surface area contributed by atoms with Crippen molar-refractivity contribution in [2.24, 2.45) is 14.1 Å². The molecule has 0 saturated carbocycles. The van der Waals surface area contributed by atoms with Crippen molar-refractivity contribution >= 4 is 17.6 Å². The van der Waals surface area contributed by atoms with Gasteiger partial charge in [-0.1, -0.05) is 12.1 Å². The fraction of sp³-hybridized carbons (Fsp3) is 0.263. The van der Waals surface area contributed by atoms with Crippen LogP contribution in [0.5, 0.6) is 0 Å². The van der Waals surface area contributed by atoms with Crippen molar-refractivity contribution in [3.63, 3.8) is 0 Å². The Morgan fingerprint density at radius 1 is 1.11 bits per heavy atom. The molecular formula is C19H19N5O4. The minimum Gasteiger partial charge on any atom is -0.465 e. The zero-order chi connectivity index (χ0) is 20.2. The van der Waals surface area contributed by atoms with Gasteiger partial charge < -0.3 is 10.1 Å². The SMILES string of the molecule is COC(=O)c1ccc(C2c3c(n[nH]c3C)Nc3c2c(=O)n(C)c(=O)n3C)cc1. The van der Waals surface area contributed by atoms with Gasteiger partial charge in [0.25, 0.3) is 5.56 Å². The average molecular weight is 381 g/mol. The second-order valence-electron chi connectivity index (χ2n) is 6.75. The Balaban J connectivity index is 2.00. The van der Waals surface area contributed by atoms with Gasteiger partial charge in [0.05, 0.1) is 18.2 Å². The lowest BCUT2D eigenvalue weighted by Gasteiger charge is -2.28. The Morgan fingerprint density at radius 2 is 1.79 bits per heavy atom. The third-order valence-electron chi connectivity index (χ3n) is 5.17. The third kappa shape index (κ3) is 2.39. The first-order valence-electron chi connectivity index (χ1n) is 8.65. The first-order chi connectivity index (χ1) is 13.3. The van der Waals surface area contributed by atoms with Crippen LogP contribution in [0.2, 0.25) is 0 Å². The Bertz CT molecular complexity index is 1220. The maximum Gasteiger partial charge on any atom is 0.337 e. The zero-order valence-corrected chi connectivity index (χ0v) is 15.9. The second-order valence-corrected chi connectivity index (χ2v) is 6.75. The van der Waals surface area contributed by atoms with Crippen LogP contribution in [0, 0.1) is 6.92 Å². The van der Waals surface area contributed by atoms with E-state index in [1.165, 1.54) is 18.7 Å². The summed E-state index contributed by atoms with van der Waals surface area (Å²) in [6, 6.07) is 6.88. The van der Waals surface area contributed by atoms with E-state index in [4.69, 9.17) is 4.74 Å². The summed E-state index contributed by atoms with van der Waals surface area (Å²) in [6.07, 6.45) is 0. The number of carbonyl (C=O) groups is 1. The van der Waals surface area contributed by atoms with Crippen molar-refractivity contribution in [3.8, 4) is 0 Å². The quantitative estimate of drug-likeness (QED) is 0.504. The van der Waals surface area contributed by atoms with Crippen LogP contribution in [-0.4, -0.2) is 32.4 Å². The van der Waals surface area contributed by atoms with E-state index in [0.29, 0.717) is 22.8 Å². The molecule has 1 aliphatic heterocycles. The molecule has 144 valence electrons. The highest BCUT2D eigenvalue weighted by atomic mass is 16.5. The molecule has 9 nitrogen and oxygen atoms in total.